The van der Waals surface area contributed by atoms with Crippen LogP contribution in [0.2, 0.25) is 0 Å². The molecule has 0 saturated heterocycles. The Balaban J connectivity index is 1.64. The Morgan fingerprint density at radius 2 is 2.04 bits per heavy atom. The van der Waals surface area contributed by atoms with Crippen molar-refractivity contribution in [2.24, 2.45) is 0 Å². The van der Waals surface area contributed by atoms with E-state index < -0.39 is 5.82 Å². The van der Waals surface area contributed by atoms with Crippen molar-refractivity contribution in [1.29, 1.82) is 0 Å². The zero-order valence-corrected chi connectivity index (χ0v) is 15.2. The molecule has 27 heavy (non-hydrogen) atoms. The smallest absolute Gasteiger partial charge is 0.252 e. The van der Waals surface area contributed by atoms with Crippen LogP contribution in [-0.2, 0) is 6.42 Å². The molecule has 134 valence electrons. The van der Waals surface area contributed by atoms with E-state index in [1.54, 1.807) is 29.7 Å². The van der Waals surface area contributed by atoms with Crippen molar-refractivity contribution < 1.29 is 9.18 Å². The molecule has 0 saturated carbocycles. The van der Waals surface area contributed by atoms with E-state index in [1.165, 1.54) is 12.1 Å². The number of hydrogen-bond donors (Lipinski definition) is 1. The number of fused-ring (bicyclic) bond motifs is 1. The third-order valence-corrected chi connectivity index (χ3v) is 5.07. The number of halogens is 1. The van der Waals surface area contributed by atoms with E-state index in [1.807, 2.05) is 35.7 Å². The number of thiophene rings is 1. The van der Waals surface area contributed by atoms with Crippen LogP contribution >= 0.6 is 11.3 Å². The molecule has 3 heterocycles. The summed E-state index contributed by atoms with van der Waals surface area (Å²) in [6.45, 7) is 0.448. The molecule has 4 nitrogen and oxygen atoms in total. The van der Waals surface area contributed by atoms with E-state index >= 15 is 0 Å². The first-order valence-electron chi connectivity index (χ1n) is 8.53. The van der Waals surface area contributed by atoms with Gasteiger partial charge >= 0.3 is 0 Å². The molecule has 1 N–H and O–H groups in total. The largest absolute Gasteiger partial charge is 0.352 e. The molecule has 0 radical (unpaired) electrons. The number of benzene rings is 1. The van der Waals surface area contributed by atoms with Gasteiger partial charge in [0.25, 0.3) is 5.91 Å². The van der Waals surface area contributed by atoms with E-state index in [0.717, 1.165) is 10.6 Å². The molecule has 0 aliphatic carbocycles. The van der Waals surface area contributed by atoms with Crippen molar-refractivity contribution in [2.75, 3.05) is 6.54 Å². The fraction of sp³-hybridized carbons (Fsp3) is 0.0952. The fourth-order valence-electron chi connectivity index (χ4n) is 2.88. The number of nitrogens with one attached hydrogen (secondary N) is 1. The molecule has 6 heteroatoms. The molecule has 4 aromatic rings. The molecule has 1 aromatic carbocycles. The molecule has 0 spiro atoms. The summed E-state index contributed by atoms with van der Waals surface area (Å²) >= 11 is 1.55. The van der Waals surface area contributed by atoms with Gasteiger partial charge in [0.2, 0.25) is 0 Å². The molecule has 1 amide bonds. The highest BCUT2D eigenvalue weighted by atomic mass is 32.1. The van der Waals surface area contributed by atoms with Crippen LogP contribution in [0, 0.1) is 5.82 Å². The summed E-state index contributed by atoms with van der Waals surface area (Å²) in [5.41, 5.74) is 2.63. The minimum Gasteiger partial charge on any atom is -0.352 e. The monoisotopic (exact) mass is 377 g/mol. The Labute approximate surface area is 159 Å². The second kappa shape index (κ2) is 7.63. The highest BCUT2D eigenvalue weighted by Crippen LogP contribution is 2.28. The molecule has 0 aliphatic rings. The summed E-state index contributed by atoms with van der Waals surface area (Å²) in [4.78, 5) is 22.6. The zero-order valence-electron chi connectivity index (χ0n) is 14.4. The lowest BCUT2D eigenvalue weighted by atomic mass is 10.1. The predicted octanol–water partition coefficient (Wildman–Crippen LogP) is 4.47. The maximum atomic E-state index is 13.8. The third-order valence-electron chi connectivity index (χ3n) is 4.18. The van der Waals surface area contributed by atoms with Gasteiger partial charge in [-0.15, -0.1) is 11.3 Å². The topological polar surface area (TPSA) is 54.9 Å². The summed E-state index contributed by atoms with van der Waals surface area (Å²) < 4.78 is 13.8. The number of rotatable bonds is 5. The van der Waals surface area contributed by atoms with Crippen molar-refractivity contribution >= 4 is 28.1 Å². The SMILES string of the molecule is O=C(NCCc1ccccn1)c1cc(-c2cccs2)nc2ccc(F)cc12. The van der Waals surface area contributed by atoms with Crippen LogP contribution in [0.1, 0.15) is 16.1 Å². The summed E-state index contributed by atoms with van der Waals surface area (Å²) in [5, 5.41) is 5.37. The van der Waals surface area contributed by atoms with E-state index in [4.69, 9.17) is 0 Å². The van der Waals surface area contributed by atoms with Gasteiger partial charge in [0.15, 0.2) is 0 Å². The Bertz CT molecular complexity index is 1080. The lowest BCUT2D eigenvalue weighted by Crippen LogP contribution is -2.26. The minimum atomic E-state index is -0.393. The molecule has 3 aromatic heterocycles. The van der Waals surface area contributed by atoms with Gasteiger partial charge in [0, 0.05) is 30.2 Å². The molecule has 0 atom stereocenters. The zero-order chi connectivity index (χ0) is 18.6. The van der Waals surface area contributed by atoms with Gasteiger partial charge in [-0.3, -0.25) is 9.78 Å². The van der Waals surface area contributed by atoms with Crippen molar-refractivity contribution in [1.82, 2.24) is 15.3 Å². The van der Waals surface area contributed by atoms with Gasteiger partial charge < -0.3 is 5.32 Å². The molecule has 0 unspecified atom stereocenters. The van der Waals surface area contributed by atoms with E-state index in [2.05, 4.69) is 15.3 Å². The number of nitrogens with zero attached hydrogens (tertiary/aromatic N) is 2. The Kier molecular flexibility index (Phi) is 4.89. The number of carbonyl (C=O) groups is 1. The molecule has 0 aliphatic heterocycles. The number of carbonyl (C=O) groups excluding carboxylic acids is 1. The van der Waals surface area contributed by atoms with Gasteiger partial charge in [-0.1, -0.05) is 12.1 Å². The Morgan fingerprint density at radius 1 is 1.11 bits per heavy atom. The average molecular weight is 377 g/mol. The summed E-state index contributed by atoms with van der Waals surface area (Å²) in [7, 11) is 0. The first-order chi connectivity index (χ1) is 13.2. The maximum absolute atomic E-state index is 13.8. The standard InChI is InChI=1S/C21H16FN3OS/c22-14-6-7-18-16(12-14)17(13-19(25-18)20-5-3-11-27-20)21(26)24-10-8-15-4-1-2-9-23-15/h1-7,9,11-13H,8,10H2,(H,24,26). The first-order valence-corrected chi connectivity index (χ1v) is 9.41. The third kappa shape index (κ3) is 3.85. The van der Waals surface area contributed by atoms with Crippen molar-refractivity contribution in [3.8, 4) is 10.6 Å². The van der Waals surface area contributed by atoms with E-state index in [0.29, 0.717) is 35.1 Å². The quantitative estimate of drug-likeness (QED) is 0.558. The minimum absolute atomic E-state index is 0.248. The average Bonchev–Trinajstić information content (AvgIpc) is 3.23. The van der Waals surface area contributed by atoms with Crippen LogP contribution in [0.15, 0.2) is 66.2 Å². The summed E-state index contributed by atoms with van der Waals surface area (Å²) in [6.07, 6.45) is 2.35. The van der Waals surface area contributed by atoms with Crippen molar-refractivity contribution in [2.45, 2.75) is 6.42 Å². The van der Waals surface area contributed by atoms with Crippen molar-refractivity contribution in [3.63, 3.8) is 0 Å². The molecule has 0 bridgehead atoms. The Morgan fingerprint density at radius 3 is 2.81 bits per heavy atom. The number of pyridine rings is 2. The second-order valence-corrected chi connectivity index (χ2v) is 6.97. The van der Waals surface area contributed by atoms with Crippen LogP contribution in [0.4, 0.5) is 4.39 Å². The van der Waals surface area contributed by atoms with Crippen LogP contribution < -0.4 is 5.32 Å². The van der Waals surface area contributed by atoms with Crippen molar-refractivity contribution in [3.05, 3.63) is 83.2 Å². The fourth-order valence-corrected chi connectivity index (χ4v) is 3.57. The highest BCUT2D eigenvalue weighted by Gasteiger charge is 2.15. The van der Waals surface area contributed by atoms with E-state index in [9.17, 15) is 9.18 Å². The van der Waals surface area contributed by atoms with Gasteiger partial charge in [-0.2, -0.15) is 0 Å². The maximum Gasteiger partial charge on any atom is 0.252 e. The summed E-state index contributed by atoms with van der Waals surface area (Å²) in [6, 6.07) is 15.6. The molecular formula is C21H16FN3OS. The van der Waals surface area contributed by atoms with E-state index in [-0.39, 0.29) is 5.91 Å². The Hall–Kier alpha value is -3.12. The van der Waals surface area contributed by atoms with Gasteiger partial charge in [-0.25, -0.2) is 9.37 Å². The van der Waals surface area contributed by atoms with Gasteiger partial charge in [0.05, 0.1) is 21.7 Å². The highest BCUT2D eigenvalue weighted by molar-refractivity contribution is 7.13. The first kappa shape index (κ1) is 17.3. The normalized spacial score (nSPS) is 10.9. The predicted molar refractivity (Wildman–Crippen MR) is 105 cm³/mol. The number of amides is 1. The second-order valence-electron chi connectivity index (χ2n) is 6.02. The van der Waals surface area contributed by atoms with Crippen LogP contribution in [-0.4, -0.2) is 22.4 Å². The lowest BCUT2D eigenvalue weighted by molar-refractivity contribution is 0.0955. The number of aromatic nitrogens is 2. The van der Waals surface area contributed by atoms with Gasteiger partial charge in [0.1, 0.15) is 5.82 Å². The summed E-state index contributed by atoms with van der Waals surface area (Å²) in [5.74, 6) is -0.641. The van der Waals surface area contributed by atoms with Crippen LogP contribution in [0.5, 0.6) is 0 Å². The molecular weight excluding hydrogens is 361 g/mol. The van der Waals surface area contributed by atoms with Crippen LogP contribution in [0.25, 0.3) is 21.5 Å². The molecule has 0 fully saturated rings. The van der Waals surface area contributed by atoms with Crippen LogP contribution in [0.3, 0.4) is 0 Å². The lowest BCUT2D eigenvalue weighted by Gasteiger charge is -2.10. The molecule has 4 rings (SSSR count). The number of hydrogen-bond acceptors (Lipinski definition) is 4. The van der Waals surface area contributed by atoms with Gasteiger partial charge in [-0.05, 0) is 47.8 Å².